The van der Waals surface area contributed by atoms with Crippen LogP contribution in [0, 0.1) is 0 Å². The Bertz CT molecular complexity index is 962. The van der Waals surface area contributed by atoms with E-state index in [9.17, 15) is 4.79 Å². The van der Waals surface area contributed by atoms with E-state index in [4.69, 9.17) is 9.47 Å². The van der Waals surface area contributed by atoms with Gasteiger partial charge in [0.1, 0.15) is 23.9 Å². The van der Waals surface area contributed by atoms with Crippen molar-refractivity contribution < 1.29 is 9.47 Å². The second kappa shape index (κ2) is 6.00. The zero-order valence-corrected chi connectivity index (χ0v) is 13.5. The third kappa shape index (κ3) is 2.52. The molecule has 0 spiro atoms. The normalized spacial score (nSPS) is 13.0. The first-order valence-corrected chi connectivity index (χ1v) is 8.04. The van der Waals surface area contributed by atoms with Crippen molar-refractivity contribution in [3.63, 3.8) is 0 Å². The van der Waals surface area contributed by atoms with Gasteiger partial charge in [-0.1, -0.05) is 18.2 Å². The maximum atomic E-state index is 12.6. The molecule has 4 rings (SSSR count). The molecule has 0 bridgehead atoms. The molecular weight excluding hydrogens is 304 g/mol. The average Bonchev–Trinajstić information content (AvgIpc) is 3.09. The lowest BCUT2D eigenvalue weighted by Gasteiger charge is -2.11. The van der Waals surface area contributed by atoms with E-state index in [0.29, 0.717) is 17.7 Å². The SMILES string of the molecule is COc1ccccc1COc1ccc2nc3n(c(=O)c2c1)CCC3. The fraction of sp³-hybridized carbons (Fsp3) is 0.263. The van der Waals surface area contributed by atoms with E-state index < -0.39 is 0 Å². The highest BCUT2D eigenvalue weighted by Gasteiger charge is 2.16. The van der Waals surface area contributed by atoms with Crippen LogP contribution in [0.25, 0.3) is 10.9 Å². The maximum Gasteiger partial charge on any atom is 0.261 e. The second-order valence-corrected chi connectivity index (χ2v) is 5.87. The number of methoxy groups -OCH3 is 1. The zero-order chi connectivity index (χ0) is 16.5. The van der Waals surface area contributed by atoms with E-state index in [1.54, 1.807) is 17.7 Å². The molecule has 5 heteroatoms. The van der Waals surface area contributed by atoms with Crippen molar-refractivity contribution in [2.75, 3.05) is 7.11 Å². The number of nitrogens with zero attached hydrogens (tertiary/aromatic N) is 2. The van der Waals surface area contributed by atoms with Crippen molar-refractivity contribution in [1.82, 2.24) is 9.55 Å². The van der Waals surface area contributed by atoms with Gasteiger partial charge in [-0.05, 0) is 30.7 Å². The van der Waals surface area contributed by atoms with Gasteiger partial charge in [0.05, 0.1) is 18.0 Å². The molecule has 24 heavy (non-hydrogen) atoms. The van der Waals surface area contributed by atoms with Crippen molar-refractivity contribution in [3.8, 4) is 11.5 Å². The molecule has 1 aliphatic heterocycles. The monoisotopic (exact) mass is 322 g/mol. The average molecular weight is 322 g/mol. The van der Waals surface area contributed by atoms with Gasteiger partial charge < -0.3 is 9.47 Å². The first-order chi connectivity index (χ1) is 11.8. The lowest BCUT2D eigenvalue weighted by Crippen LogP contribution is -2.20. The minimum atomic E-state index is 0.0234. The minimum absolute atomic E-state index is 0.0234. The van der Waals surface area contributed by atoms with Crippen molar-refractivity contribution in [2.45, 2.75) is 26.0 Å². The quantitative estimate of drug-likeness (QED) is 0.741. The van der Waals surface area contributed by atoms with Crippen molar-refractivity contribution in [1.29, 1.82) is 0 Å². The number of ether oxygens (including phenoxy) is 2. The number of aryl methyl sites for hydroxylation is 1. The highest BCUT2D eigenvalue weighted by molar-refractivity contribution is 5.79. The summed E-state index contributed by atoms with van der Waals surface area (Å²) in [4.78, 5) is 17.2. The minimum Gasteiger partial charge on any atom is -0.496 e. The van der Waals surface area contributed by atoms with Gasteiger partial charge in [0.25, 0.3) is 5.56 Å². The van der Waals surface area contributed by atoms with Gasteiger partial charge in [0.2, 0.25) is 0 Å². The Balaban J connectivity index is 1.65. The number of para-hydroxylation sites is 1. The fourth-order valence-electron chi connectivity index (χ4n) is 3.14. The van der Waals surface area contributed by atoms with E-state index in [0.717, 1.165) is 42.0 Å². The number of hydrogen-bond acceptors (Lipinski definition) is 4. The number of rotatable bonds is 4. The predicted molar refractivity (Wildman–Crippen MR) is 91.7 cm³/mol. The van der Waals surface area contributed by atoms with E-state index in [-0.39, 0.29) is 5.56 Å². The highest BCUT2D eigenvalue weighted by Crippen LogP contribution is 2.23. The summed E-state index contributed by atoms with van der Waals surface area (Å²) in [6.07, 6.45) is 1.85. The Morgan fingerprint density at radius 1 is 1.21 bits per heavy atom. The smallest absolute Gasteiger partial charge is 0.261 e. The lowest BCUT2D eigenvalue weighted by molar-refractivity contribution is 0.297. The predicted octanol–water partition coefficient (Wildman–Crippen LogP) is 2.93. The largest absolute Gasteiger partial charge is 0.496 e. The number of aromatic nitrogens is 2. The first-order valence-electron chi connectivity index (χ1n) is 8.04. The number of benzene rings is 2. The molecule has 0 amide bonds. The molecular formula is C19H18N2O3. The summed E-state index contributed by atoms with van der Waals surface area (Å²) in [6, 6.07) is 13.2. The molecule has 0 fully saturated rings. The van der Waals surface area contributed by atoms with Crippen LogP contribution in [-0.2, 0) is 19.6 Å². The third-order valence-electron chi connectivity index (χ3n) is 4.37. The lowest BCUT2D eigenvalue weighted by atomic mass is 10.2. The highest BCUT2D eigenvalue weighted by atomic mass is 16.5. The summed E-state index contributed by atoms with van der Waals surface area (Å²) in [5, 5.41) is 0.609. The van der Waals surface area contributed by atoms with Crippen LogP contribution in [0.15, 0.2) is 47.3 Å². The summed E-state index contributed by atoms with van der Waals surface area (Å²) < 4.78 is 13.0. The molecule has 0 saturated heterocycles. The Morgan fingerprint density at radius 2 is 2.08 bits per heavy atom. The number of fused-ring (bicyclic) bond motifs is 2. The summed E-state index contributed by atoms with van der Waals surface area (Å²) in [5.74, 6) is 2.33. The molecule has 0 unspecified atom stereocenters. The van der Waals surface area contributed by atoms with E-state index in [1.165, 1.54) is 0 Å². The van der Waals surface area contributed by atoms with Crippen LogP contribution in [0.4, 0.5) is 0 Å². The molecule has 0 N–H and O–H groups in total. The topological polar surface area (TPSA) is 53.4 Å². The molecule has 122 valence electrons. The molecule has 2 heterocycles. The maximum absolute atomic E-state index is 12.6. The van der Waals surface area contributed by atoms with Crippen LogP contribution in [0.5, 0.6) is 11.5 Å². The molecule has 3 aromatic rings. The summed E-state index contributed by atoms with van der Waals surface area (Å²) in [7, 11) is 1.64. The standard InChI is InChI=1S/C19H18N2O3/c1-23-17-6-3-2-5-13(17)12-24-14-8-9-16-15(11-14)19(22)21-10-4-7-18(21)20-16/h2-3,5-6,8-9,11H,4,7,10,12H2,1H3. The molecule has 5 nitrogen and oxygen atoms in total. The Kier molecular flexibility index (Phi) is 3.69. The summed E-state index contributed by atoms with van der Waals surface area (Å²) in [5.41, 5.74) is 1.72. The summed E-state index contributed by atoms with van der Waals surface area (Å²) in [6.45, 7) is 1.14. The Labute approximate surface area is 139 Å². The first kappa shape index (κ1) is 14.8. The van der Waals surface area contributed by atoms with Crippen molar-refractivity contribution in [2.24, 2.45) is 0 Å². The van der Waals surface area contributed by atoms with Crippen molar-refractivity contribution >= 4 is 10.9 Å². The van der Waals surface area contributed by atoms with Gasteiger partial charge in [-0.2, -0.15) is 0 Å². The van der Waals surface area contributed by atoms with Crippen LogP contribution in [0.2, 0.25) is 0 Å². The van der Waals surface area contributed by atoms with Crippen LogP contribution in [0.1, 0.15) is 17.8 Å². The van der Waals surface area contributed by atoms with Gasteiger partial charge in [-0.15, -0.1) is 0 Å². The van der Waals surface area contributed by atoms with Crippen LogP contribution in [0.3, 0.4) is 0 Å². The van der Waals surface area contributed by atoms with Crippen LogP contribution in [-0.4, -0.2) is 16.7 Å². The van der Waals surface area contributed by atoms with Crippen molar-refractivity contribution in [3.05, 3.63) is 64.2 Å². The van der Waals surface area contributed by atoms with Crippen LogP contribution < -0.4 is 15.0 Å². The molecule has 0 radical (unpaired) electrons. The van der Waals surface area contributed by atoms with Gasteiger partial charge in [-0.3, -0.25) is 9.36 Å². The zero-order valence-electron chi connectivity index (χ0n) is 13.5. The Morgan fingerprint density at radius 3 is 2.96 bits per heavy atom. The van der Waals surface area contributed by atoms with Gasteiger partial charge in [0, 0.05) is 18.5 Å². The molecule has 1 aliphatic rings. The summed E-state index contributed by atoms with van der Waals surface area (Å²) >= 11 is 0. The van der Waals surface area contributed by atoms with E-state index >= 15 is 0 Å². The van der Waals surface area contributed by atoms with E-state index in [2.05, 4.69) is 4.98 Å². The fourth-order valence-corrected chi connectivity index (χ4v) is 3.14. The third-order valence-corrected chi connectivity index (χ3v) is 4.37. The molecule has 1 aromatic heterocycles. The number of hydrogen-bond donors (Lipinski definition) is 0. The van der Waals surface area contributed by atoms with Gasteiger partial charge in [-0.25, -0.2) is 4.98 Å². The molecule has 0 saturated carbocycles. The Hall–Kier alpha value is -2.82. The second-order valence-electron chi connectivity index (χ2n) is 5.87. The molecule has 2 aromatic carbocycles. The molecule has 0 atom stereocenters. The van der Waals surface area contributed by atoms with Gasteiger partial charge in [0.15, 0.2) is 0 Å². The van der Waals surface area contributed by atoms with Crippen LogP contribution >= 0.6 is 0 Å². The molecule has 0 aliphatic carbocycles. The van der Waals surface area contributed by atoms with E-state index in [1.807, 2.05) is 36.4 Å². The van der Waals surface area contributed by atoms with Gasteiger partial charge >= 0.3 is 0 Å².